The number of rotatable bonds is 3. The second-order valence-corrected chi connectivity index (χ2v) is 6.77. The number of carbonyl (C=O) groups excluding carboxylic acids is 1. The van der Waals surface area contributed by atoms with Gasteiger partial charge in [-0.2, -0.15) is 0 Å². The number of carboxylic acids is 1. The number of amides is 1. The standard InChI is InChI=1S/C16H16FNO3S/c1-8-12-7-10(17)3-5-13(12)22-14(8)15(19)18-11-4-2-9(6-11)16(20)21/h3,5,7,9,11H,2,4,6H2,1H3,(H,18,19)(H,20,21)/t9-,11+/m1/s1. The fourth-order valence-corrected chi connectivity index (χ4v) is 4.09. The first-order valence-electron chi connectivity index (χ1n) is 7.18. The first kappa shape index (κ1) is 15.0. The summed E-state index contributed by atoms with van der Waals surface area (Å²) < 4.78 is 14.2. The minimum Gasteiger partial charge on any atom is -0.481 e. The Balaban J connectivity index is 1.78. The summed E-state index contributed by atoms with van der Waals surface area (Å²) in [6.45, 7) is 1.81. The molecule has 2 N–H and O–H groups in total. The number of aliphatic carboxylic acids is 1. The molecule has 0 aliphatic heterocycles. The molecule has 1 heterocycles. The minimum atomic E-state index is -0.801. The monoisotopic (exact) mass is 321 g/mol. The van der Waals surface area contributed by atoms with Crippen LogP contribution in [0, 0.1) is 18.7 Å². The van der Waals surface area contributed by atoms with E-state index < -0.39 is 5.97 Å². The molecule has 0 radical (unpaired) electrons. The van der Waals surface area contributed by atoms with Crippen molar-refractivity contribution < 1.29 is 19.1 Å². The lowest BCUT2D eigenvalue weighted by molar-refractivity contribution is -0.141. The lowest BCUT2D eigenvalue weighted by Gasteiger charge is -2.12. The van der Waals surface area contributed by atoms with Crippen molar-refractivity contribution in [1.82, 2.24) is 5.32 Å². The third kappa shape index (κ3) is 2.70. The minimum absolute atomic E-state index is 0.102. The van der Waals surface area contributed by atoms with E-state index in [0.717, 1.165) is 15.6 Å². The van der Waals surface area contributed by atoms with E-state index in [1.165, 1.54) is 23.5 Å². The quantitative estimate of drug-likeness (QED) is 0.911. The fraction of sp³-hybridized carbons (Fsp3) is 0.375. The van der Waals surface area contributed by atoms with Crippen LogP contribution in [-0.4, -0.2) is 23.0 Å². The van der Waals surface area contributed by atoms with Crippen LogP contribution in [-0.2, 0) is 4.79 Å². The van der Waals surface area contributed by atoms with Crippen LogP contribution in [0.2, 0.25) is 0 Å². The molecule has 1 saturated carbocycles. The molecule has 1 aromatic heterocycles. The molecule has 0 spiro atoms. The van der Waals surface area contributed by atoms with Crippen molar-refractivity contribution in [2.45, 2.75) is 32.2 Å². The highest BCUT2D eigenvalue weighted by molar-refractivity contribution is 7.21. The molecule has 22 heavy (non-hydrogen) atoms. The van der Waals surface area contributed by atoms with Gasteiger partial charge in [-0.25, -0.2) is 4.39 Å². The molecule has 6 heteroatoms. The molecular weight excluding hydrogens is 305 g/mol. The summed E-state index contributed by atoms with van der Waals surface area (Å²) in [5.74, 6) is -1.69. The number of carbonyl (C=O) groups is 2. The number of hydrogen-bond donors (Lipinski definition) is 2. The van der Waals surface area contributed by atoms with Crippen molar-refractivity contribution in [2.75, 3.05) is 0 Å². The topological polar surface area (TPSA) is 66.4 Å². The molecule has 0 saturated heterocycles. The van der Waals surface area contributed by atoms with Crippen molar-refractivity contribution in [2.24, 2.45) is 5.92 Å². The zero-order valence-electron chi connectivity index (χ0n) is 12.1. The number of benzene rings is 1. The van der Waals surface area contributed by atoms with E-state index in [1.54, 1.807) is 6.07 Å². The van der Waals surface area contributed by atoms with Gasteiger partial charge in [0.25, 0.3) is 5.91 Å². The number of fused-ring (bicyclic) bond motifs is 1. The van der Waals surface area contributed by atoms with Crippen molar-refractivity contribution in [1.29, 1.82) is 0 Å². The van der Waals surface area contributed by atoms with Crippen LogP contribution in [0.25, 0.3) is 10.1 Å². The van der Waals surface area contributed by atoms with Crippen molar-refractivity contribution in [3.63, 3.8) is 0 Å². The molecule has 1 amide bonds. The van der Waals surface area contributed by atoms with Crippen molar-refractivity contribution in [3.8, 4) is 0 Å². The van der Waals surface area contributed by atoms with Crippen LogP contribution in [0.4, 0.5) is 4.39 Å². The average Bonchev–Trinajstić information content (AvgIpc) is 3.05. The highest BCUT2D eigenvalue weighted by atomic mass is 32.1. The molecule has 0 bridgehead atoms. The Kier molecular flexibility index (Phi) is 3.87. The smallest absolute Gasteiger partial charge is 0.306 e. The SMILES string of the molecule is Cc1c(C(=O)N[C@H]2CC[C@@H](C(=O)O)C2)sc2ccc(F)cc12. The molecule has 0 unspecified atom stereocenters. The molecule has 4 nitrogen and oxygen atoms in total. The van der Waals surface area contributed by atoms with Crippen LogP contribution in [0.5, 0.6) is 0 Å². The van der Waals surface area contributed by atoms with Crippen molar-refractivity contribution >= 4 is 33.3 Å². The Morgan fingerprint density at radius 3 is 2.82 bits per heavy atom. The summed E-state index contributed by atoms with van der Waals surface area (Å²) in [5.41, 5.74) is 0.768. The predicted molar refractivity (Wildman–Crippen MR) is 82.8 cm³/mol. The van der Waals surface area contributed by atoms with E-state index in [1.807, 2.05) is 6.92 Å². The number of hydrogen-bond acceptors (Lipinski definition) is 3. The zero-order chi connectivity index (χ0) is 15.9. The van der Waals surface area contributed by atoms with E-state index in [0.29, 0.717) is 24.1 Å². The molecule has 1 aliphatic carbocycles. The second kappa shape index (κ2) is 5.68. The molecule has 2 atom stereocenters. The van der Waals surface area contributed by atoms with Gasteiger partial charge >= 0.3 is 5.97 Å². The van der Waals surface area contributed by atoms with Crippen LogP contribution >= 0.6 is 11.3 Å². The molecule has 1 fully saturated rings. The maximum atomic E-state index is 13.3. The van der Waals surface area contributed by atoms with Gasteiger partial charge in [0.2, 0.25) is 0 Å². The molecule has 3 rings (SSSR count). The average molecular weight is 321 g/mol. The first-order valence-corrected chi connectivity index (χ1v) is 7.99. The molecule has 116 valence electrons. The number of halogens is 1. The number of nitrogens with one attached hydrogen (secondary N) is 1. The third-order valence-electron chi connectivity index (χ3n) is 4.22. The van der Waals surface area contributed by atoms with Gasteiger partial charge in [0.05, 0.1) is 10.8 Å². The van der Waals surface area contributed by atoms with Gasteiger partial charge in [0.15, 0.2) is 0 Å². The van der Waals surface area contributed by atoms with E-state index >= 15 is 0 Å². The summed E-state index contributed by atoms with van der Waals surface area (Å²) in [6, 6.07) is 4.40. The molecule has 2 aromatic rings. The predicted octanol–water partition coefficient (Wildman–Crippen LogP) is 3.33. The molecule has 1 aromatic carbocycles. The van der Waals surface area contributed by atoms with E-state index in [4.69, 9.17) is 5.11 Å². The van der Waals surface area contributed by atoms with Crippen LogP contribution in [0.3, 0.4) is 0 Å². The number of aryl methyl sites for hydroxylation is 1. The zero-order valence-corrected chi connectivity index (χ0v) is 12.9. The van der Waals surface area contributed by atoms with Gasteiger partial charge in [0.1, 0.15) is 5.82 Å². The largest absolute Gasteiger partial charge is 0.481 e. The second-order valence-electron chi connectivity index (χ2n) is 5.72. The maximum Gasteiger partial charge on any atom is 0.306 e. The molecule has 1 aliphatic rings. The summed E-state index contributed by atoms with van der Waals surface area (Å²) in [6.07, 6.45) is 1.75. The highest BCUT2D eigenvalue weighted by Gasteiger charge is 2.31. The van der Waals surface area contributed by atoms with Gasteiger partial charge in [-0.05, 0) is 55.3 Å². The Morgan fingerprint density at radius 2 is 2.14 bits per heavy atom. The van der Waals surface area contributed by atoms with Crippen molar-refractivity contribution in [3.05, 3.63) is 34.5 Å². The summed E-state index contributed by atoms with van der Waals surface area (Å²) in [7, 11) is 0. The lowest BCUT2D eigenvalue weighted by Crippen LogP contribution is -2.33. The Hall–Kier alpha value is -1.95. The normalized spacial score (nSPS) is 21.2. The highest BCUT2D eigenvalue weighted by Crippen LogP contribution is 2.32. The number of carboxylic acid groups (broad SMARTS) is 1. The van der Waals surface area contributed by atoms with Crippen LogP contribution in [0.1, 0.15) is 34.5 Å². The van der Waals surface area contributed by atoms with Gasteiger partial charge in [-0.15, -0.1) is 11.3 Å². The van der Waals surface area contributed by atoms with E-state index in [2.05, 4.69) is 5.32 Å². The fourth-order valence-electron chi connectivity index (χ4n) is 3.00. The van der Waals surface area contributed by atoms with Crippen LogP contribution < -0.4 is 5.32 Å². The Morgan fingerprint density at radius 1 is 1.36 bits per heavy atom. The van der Waals surface area contributed by atoms with Gasteiger partial charge < -0.3 is 10.4 Å². The lowest BCUT2D eigenvalue weighted by atomic mass is 10.1. The van der Waals surface area contributed by atoms with E-state index in [-0.39, 0.29) is 23.7 Å². The van der Waals surface area contributed by atoms with Gasteiger partial charge in [-0.3, -0.25) is 9.59 Å². The number of thiophene rings is 1. The summed E-state index contributed by atoms with van der Waals surface area (Å²) in [4.78, 5) is 23.9. The molecular formula is C16H16FNO3S. The third-order valence-corrected chi connectivity index (χ3v) is 5.49. The Labute approximate surface area is 130 Å². The maximum absolute atomic E-state index is 13.3. The summed E-state index contributed by atoms with van der Waals surface area (Å²) in [5, 5.41) is 12.7. The van der Waals surface area contributed by atoms with Crippen LogP contribution in [0.15, 0.2) is 18.2 Å². The van der Waals surface area contributed by atoms with Gasteiger partial charge in [0, 0.05) is 10.7 Å². The van der Waals surface area contributed by atoms with E-state index in [9.17, 15) is 14.0 Å². The summed E-state index contributed by atoms with van der Waals surface area (Å²) >= 11 is 1.34. The first-order chi connectivity index (χ1) is 10.5. The van der Waals surface area contributed by atoms with Gasteiger partial charge in [-0.1, -0.05) is 0 Å². The Bertz CT molecular complexity index is 755.